The molecule has 0 aliphatic rings. The van der Waals surface area contributed by atoms with Crippen LogP contribution in [0.3, 0.4) is 0 Å². The minimum Gasteiger partial charge on any atom is -0.396 e. The third kappa shape index (κ3) is 2.98. The van der Waals surface area contributed by atoms with Gasteiger partial charge in [0, 0.05) is 17.9 Å². The molecule has 0 saturated heterocycles. The molecular weight excluding hydrogens is 266 g/mol. The Balaban J connectivity index is 1.87. The molecule has 0 unspecified atom stereocenters. The van der Waals surface area contributed by atoms with E-state index in [-0.39, 0.29) is 6.61 Å². The topological polar surface area (TPSA) is 72.0 Å². The molecule has 0 fully saturated rings. The summed E-state index contributed by atoms with van der Waals surface area (Å²) >= 11 is 0. The Morgan fingerprint density at radius 1 is 1.05 bits per heavy atom. The highest BCUT2D eigenvalue weighted by atomic mass is 16.5. The number of benzene rings is 1. The van der Waals surface area contributed by atoms with Crippen molar-refractivity contribution in [1.29, 1.82) is 0 Å². The van der Waals surface area contributed by atoms with Crippen molar-refractivity contribution in [3.63, 3.8) is 0 Å². The van der Waals surface area contributed by atoms with Crippen LogP contribution in [0.4, 0.5) is 0 Å². The summed E-state index contributed by atoms with van der Waals surface area (Å²) in [5.74, 6) is 0.942. The molecule has 5 heteroatoms. The van der Waals surface area contributed by atoms with Gasteiger partial charge in [-0.3, -0.25) is 0 Å². The summed E-state index contributed by atoms with van der Waals surface area (Å²) in [6.45, 7) is 2.06. The monoisotopic (exact) mass is 281 g/mol. The first-order valence-electron chi connectivity index (χ1n) is 6.74. The maximum Gasteiger partial charge on any atom is 0.276 e. The Morgan fingerprint density at radius 3 is 2.57 bits per heavy atom. The van der Waals surface area contributed by atoms with Gasteiger partial charge >= 0.3 is 0 Å². The molecule has 3 aromatic rings. The largest absolute Gasteiger partial charge is 0.396 e. The van der Waals surface area contributed by atoms with E-state index in [1.165, 1.54) is 0 Å². The standard InChI is InChI=1S/C16H15N3O2/c1-11-3-2-4-14(17-11)16-18-15(19-21-16)13-7-5-12(6-8-13)9-10-20/h2-8,20H,9-10H2,1H3. The van der Waals surface area contributed by atoms with E-state index in [0.29, 0.717) is 23.8 Å². The van der Waals surface area contributed by atoms with Gasteiger partial charge in [0.1, 0.15) is 5.69 Å². The number of aromatic nitrogens is 3. The van der Waals surface area contributed by atoms with Crippen molar-refractivity contribution >= 4 is 0 Å². The second-order valence-electron chi connectivity index (χ2n) is 4.76. The summed E-state index contributed by atoms with van der Waals surface area (Å²) in [6.07, 6.45) is 0.644. The van der Waals surface area contributed by atoms with Crippen molar-refractivity contribution in [2.75, 3.05) is 6.61 Å². The summed E-state index contributed by atoms with van der Waals surface area (Å²) in [7, 11) is 0. The lowest BCUT2D eigenvalue weighted by Crippen LogP contribution is -1.90. The van der Waals surface area contributed by atoms with Gasteiger partial charge in [-0.25, -0.2) is 4.98 Å². The van der Waals surface area contributed by atoms with E-state index in [0.717, 1.165) is 16.8 Å². The molecule has 0 aliphatic heterocycles. The van der Waals surface area contributed by atoms with Crippen LogP contribution in [0, 0.1) is 6.92 Å². The van der Waals surface area contributed by atoms with Gasteiger partial charge in [0.15, 0.2) is 0 Å². The number of aliphatic hydroxyl groups is 1. The summed E-state index contributed by atoms with van der Waals surface area (Å²) in [5, 5.41) is 12.9. The molecule has 3 rings (SSSR count). The van der Waals surface area contributed by atoms with Gasteiger partial charge in [0.25, 0.3) is 5.89 Å². The summed E-state index contributed by atoms with van der Waals surface area (Å²) in [4.78, 5) is 8.74. The third-order valence-electron chi connectivity index (χ3n) is 3.15. The zero-order valence-corrected chi connectivity index (χ0v) is 11.7. The molecule has 0 spiro atoms. The van der Waals surface area contributed by atoms with Gasteiger partial charge in [-0.1, -0.05) is 35.5 Å². The fraction of sp³-hybridized carbons (Fsp3) is 0.188. The second kappa shape index (κ2) is 5.85. The highest BCUT2D eigenvalue weighted by Gasteiger charge is 2.11. The number of rotatable bonds is 4. The van der Waals surface area contributed by atoms with Crippen LogP contribution >= 0.6 is 0 Å². The molecule has 0 bridgehead atoms. The maximum absolute atomic E-state index is 8.91. The normalized spacial score (nSPS) is 10.8. The molecule has 0 saturated carbocycles. The molecule has 1 aromatic carbocycles. The van der Waals surface area contributed by atoms with Crippen molar-refractivity contribution in [2.45, 2.75) is 13.3 Å². The van der Waals surface area contributed by atoms with Gasteiger partial charge in [-0.2, -0.15) is 4.98 Å². The Morgan fingerprint density at radius 2 is 1.86 bits per heavy atom. The number of pyridine rings is 1. The average Bonchev–Trinajstić information content (AvgIpc) is 2.98. The van der Waals surface area contributed by atoms with Crippen molar-refractivity contribution in [3.8, 4) is 23.0 Å². The van der Waals surface area contributed by atoms with Crippen LogP contribution in [0.15, 0.2) is 47.0 Å². The molecule has 2 aromatic heterocycles. The molecule has 106 valence electrons. The molecular formula is C16H15N3O2. The molecule has 0 amide bonds. The number of hydrogen-bond acceptors (Lipinski definition) is 5. The Kier molecular flexibility index (Phi) is 3.75. The first-order chi connectivity index (χ1) is 10.3. The van der Waals surface area contributed by atoms with Crippen molar-refractivity contribution in [1.82, 2.24) is 15.1 Å². The van der Waals surface area contributed by atoms with Crippen molar-refractivity contribution < 1.29 is 9.63 Å². The minimum absolute atomic E-state index is 0.144. The molecule has 0 aliphatic carbocycles. The van der Waals surface area contributed by atoms with Gasteiger partial charge in [-0.05, 0) is 31.0 Å². The number of aryl methyl sites for hydroxylation is 1. The van der Waals surface area contributed by atoms with E-state index >= 15 is 0 Å². The van der Waals surface area contributed by atoms with Crippen LogP contribution < -0.4 is 0 Å². The quantitative estimate of drug-likeness (QED) is 0.796. The van der Waals surface area contributed by atoms with Crippen LogP contribution in [-0.4, -0.2) is 26.8 Å². The lowest BCUT2D eigenvalue weighted by molar-refractivity contribution is 0.299. The first kappa shape index (κ1) is 13.5. The number of hydrogen-bond donors (Lipinski definition) is 1. The van der Waals surface area contributed by atoms with Gasteiger partial charge in [0.2, 0.25) is 5.82 Å². The van der Waals surface area contributed by atoms with Gasteiger partial charge in [-0.15, -0.1) is 0 Å². The Labute approximate surface area is 122 Å². The fourth-order valence-corrected chi connectivity index (χ4v) is 2.06. The van der Waals surface area contributed by atoms with E-state index in [4.69, 9.17) is 9.63 Å². The molecule has 0 radical (unpaired) electrons. The van der Waals surface area contributed by atoms with Crippen LogP contribution in [-0.2, 0) is 6.42 Å². The van der Waals surface area contributed by atoms with Crippen LogP contribution in [0.1, 0.15) is 11.3 Å². The maximum atomic E-state index is 8.91. The first-order valence-corrected chi connectivity index (χ1v) is 6.74. The van der Waals surface area contributed by atoms with Crippen molar-refractivity contribution in [2.24, 2.45) is 0 Å². The smallest absolute Gasteiger partial charge is 0.276 e. The lowest BCUT2D eigenvalue weighted by Gasteiger charge is -1.98. The fourth-order valence-electron chi connectivity index (χ4n) is 2.06. The SMILES string of the molecule is Cc1cccc(-c2nc(-c3ccc(CCO)cc3)no2)n1. The number of aliphatic hydroxyl groups excluding tert-OH is 1. The minimum atomic E-state index is 0.144. The molecule has 21 heavy (non-hydrogen) atoms. The van der Waals surface area contributed by atoms with E-state index in [1.54, 1.807) is 0 Å². The summed E-state index contributed by atoms with van der Waals surface area (Å²) < 4.78 is 5.27. The van der Waals surface area contributed by atoms with Crippen molar-refractivity contribution in [3.05, 3.63) is 53.7 Å². The zero-order chi connectivity index (χ0) is 14.7. The van der Waals surface area contributed by atoms with Crippen LogP contribution in [0.2, 0.25) is 0 Å². The highest BCUT2D eigenvalue weighted by Crippen LogP contribution is 2.21. The van der Waals surface area contributed by atoms with Crippen LogP contribution in [0.5, 0.6) is 0 Å². The summed E-state index contributed by atoms with van der Waals surface area (Å²) in [5.41, 5.74) is 3.52. The molecule has 0 atom stereocenters. The average molecular weight is 281 g/mol. The Hall–Kier alpha value is -2.53. The predicted molar refractivity (Wildman–Crippen MR) is 78.5 cm³/mol. The van der Waals surface area contributed by atoms with E-state index < -0.39 is 0 Å². The van der Waals surface area contributed by atoms with E-state index in [2.05, 4.69) is 15.1 Å². The molecule has 1 N–H and O–H groups in total. The van der Waals surface area contributed by atoms with E-state index in [9.17, 15) is 0 Å². The molecule has 2 heterocycles. The van der Waals surface area contributed by atoms with E-state index in [1.807, 2.05) is 49.4 Å². The lowest BCUT2D eigenvalue weighted by atomic mass is 10.1. The third-order valence-corrected chi connectivity index (χ3v) is 3.15. The van der Waals surface area contributed by atoms with Crippen LogP contribution in [0.25, 0.3) is 23.0 Å². The van der Waals surface area contributed by atoms with Gasteiger partial charge in [0.05, 0.1) is 0 Å². The second-order valence-corrected chi connectivity index (χ2v) is 4.76. The Bertz CT molecular complexity index is 735. The summed E-state index contributed by atoms with van der Waals surface area (Å²) in [6, 6.07) is 13.4. The highest BCUT2D eigenvalue weighted by molar-refractivity contribution is 5.58. The zero-order valence-electron chi connectivity index (χ0n) is 11.7. The number of nitrogens with zero attached hydrogens (tertiary/aromatic N) is 3. The molecule has 5 nitrogen and oxygen atoms in total. The van der Waals surface area contributed by atoms with Gasteiger partial charge < -0.3 is 9.63 Å². The predicted octanol–water partition coefficient (Wildman–Crippen LogP) is 2.64.